The number of nitrogens with zero attached hydrogens (tertiary/aromatic N) is 1. The van der Waals surface area contributed by atoms with Crippen LogP contribution < -0.4 is 0 Å². The molecule has 19 heavy (non-hydrogen) atoms. The molecule has 0 bridgehead atoms. The number of piperidine rings is 1. The smallest absolute Gasteiger partial charge is 0.0172 e. The fraction of sp³-hybridized carbons (Fsp3) is 0.889. The Morgan fingerprint density at radius 1 is 0.947 bits per heavy atom. The van der Waals surface area contributed by atoms with Crippen molar-refractivity contribution < 1.29 is 0 Å². The van der Waals surface area contributed by atoms with E-state index in [-0.39, 0.29) is 0 Å². The molecule has 1 heterocycles. The molecular formula is C18H33N. The van der Waals surface area contributed by atoms with Crippen molar-refractivity contribution in [2.24, 2.45) is 11.8 Å². The maximum Gasteiger partial charge on any atom is 0.0172 e. The van der Waals surface area contributed by atoms with Gasteiger partial charge in [0, 0.05) is 13.1 Å². The van der Waals surface area contributed by atoms with Crippen molar-refractivity contribution in [3.63, 3.8) is 0 Å². The molecule has 1 saturated carbocycles. The van der Waals surface area contributed by atoms with Crippen LogP contribution in [0.5, 0.6) is 0 Å². The summed E-state index contributed by atoms with van der Waals surface area (Å²) in [4.78, 5) is 2.54. The maximum absolute atomic E-state index is 2.54. The first-order chi connectivity index (χ1) is 9.38. The van der Waals surface area contributed by atoms with Crippen molar-refractivity contribution in [3.8, 4) is 0 Å². The number of unbranched alkanes of at least 4 members (excludes halogenated alkanes) is 2. The van der Waals surface area contributed by atoms with Gasteiger partial charge in [0.15, 0.2) is 0 Å². The zero-order valence-electron chi connectivity index (χ0n) is 12.9. The van der Waals surface area contributed by atoms with E-state index in [0.29, 0.717) is 0 Å². The predicted molar refractivity (Wildman–Crippen MR) is 84.2 cm³/mol. The second-order valence-electron chi connectivity index (χ2n) is 6.71. The van der Waals surface area contributed by atoms with Crippen molar-refractivity contribution >= 4 is 0 Å². The lowest BCUT2D eigenvalue weighted by Crippen LogP contribution is -2.24. The van der Waals surface area contributed by atoms with E-state index in [4.69, 9.17) is 0 Å². The van der Waals surface area contributed by atoms with Crippen molar-refractivity contribution in [1.82, 2.24) is 4.90 Å². The minimum Gasteiger partial charge on any atom is -0.378 e. The Labute approximate surface area is 120 Å². The molecule has 0 N–H and O–H groups in total. The molecule has 0 radical (unpaired) electrons. The van der Waals surface area contributed by atoms with E-state index in [1.807, 2.05) is 0 Å². The third-order valence-corrected chi connectivity index (χ3v) is 5.07. The van der Waals surface area contributed by atoms with Crippen molar-refractivity contribution in [1.29, 1.82) is 0 Å². The second-order valence-corrected chi connectivity index (χ2v) is 6.71. The van der Waals surface area contributed by atoms with E-state index in [9.17, 15) is 0 Å². The fourth-order valence-electron chi connectivity index (χ4n) is 3.66. The van der Waals surface area contributed by atoms with E-state index in [2.05, 4.69) is 24.1 Å². The van der Waals surface area contributed by atoms with Crippen molar-refractivity contribution in [2.75, 3.05) is 13.1 Å². The SMILES string of the molecule is CCCCCC1CCC(/C=C/N2CCCCC2)CC1. The molecule has 1 aliphatic carbocycles. The number of rotatable bonds is 6. The van der Waals surface area contributed by atoms with Crippen LogP contribution in [0.4, 0.5) is 0 Å². The first-order valence-electron chi connectivity index (χ1n) is 8.81. The summed E-state index contributed by atoms with van der Waals surface area (Å²) in [7, 11) is 0. The highest BCUT2D eigenvalue weighted by atomic mass is 15.1. The number of likely N-dealkylation sites (tertiary alicyclic amines) is 1. The Kier molecular flexibility index (Phi) is 6.81. The van der Waals surface area contributed by atoms with Gasteiger partial charge in [-0.1, -0.05) is 38.7 Å². The van der Waals surface area contributed by atoms with Crippen LogP contribution in [0.25, 0.3) is 0 Å². The van der Waals surface area contributed by atoms with Crippen LogP contribution in [0.15, 0.2) is 12.3 Å². The lowest BCUT2D eigenvalue weighted by atomic mass is 9.80. The summed E-state index contributed by atoms with van der Waals surface area (Å²) in [5.41, 5.74) is 0. The lowest BCUT2D eigenvalue weighted by molar-refractivity contribution is 0.280. The molecule has 2 rings (SSSR count). The van der Waals surface area contributed by atoms with E-state index < -0.39 is 0 Å². The molecule has 0 spiro atoms. The second kappa shape index (κ2) is 8.66. The summed E-state index contributed by atoms with van der Waals surface area (Å²) < 4.78 is 0. The monoisotopic (exact) mass is 263 g/mol. The van der Waals surface area contributed by atoms with Crippen LogP contribution in [0.1, 0.15) is 77.6 Å². The quantitative estimate of drug-likeness (QED) is 0.582. The zero-order valence-corrected chi connectivity index (χ0v) is 12.9. The highest BCUT2D eigenvalue weighted by Gasteiger charge is 2.19. The van der Waals surface area contributed by atoms with Crippen LogP contribution in [0, 0.1) is 11.8 Å². The maximum atomic E-state index is 2.54. The highest BCUT2D eigenvalue weighted by molar-refractivity contribution is 4.91. The zero-order chi connectivity index (χ0) is 13.3. The lowest BCUT2D eigenvalue weighted by Gasteiger charge is -2.29. The Morgan fingerprint density at radius 3 is 2.37 bits per heavy atom. The van der Waals surface area contributed by atoms with E-state index in [1.54, 1.807) is 0 Å². The Hall–Kier alpha value is -0.460. The molecule has 0 unspecified atom stereocenters. The van der Waals surface area contributed by atoms with Crippen LogP contribution in [-0.2, 0) is 0 Å². The van der Waals surface area contributed by atoms with E-state index >= 15 is 0 Å². The molecule has 0 aromatic rings. The molecule has 1 saturated heterocycles. The first-order valence-corrected chi connectivity index (χ1v) is 8.81. The largest absolute Gasteiger partial charge is 0.378 e. The van der Waals surface area contributed by atoms with Gasteiger partial charge in [-0.15, -0.1) is 0 Å². The topological polar surface area (TPSA) is 3.24 Å². The third kappa shape index (κ3) is 5.58. The van der Waals surface area contributed by atoms with Gasteiger partial charge in [-0.3, -0.25) is 0 Å². The molecule has 0 atom stereocenters. The molecule has 2 fully saturated rings. The number of hydrogen-bond acceptors (Lipinski definition) is 1. The van der Waals surface area contributed by atoms with Gasteiger partial charge in [0.05, 0.1) is 0 Å². The van der Waals surface area contributed by atoms with Crippen LogP contribution in [0.3, 0.4) is 0 Å². The summed E-state index contributed by atoms with van der Waals surface area (Å²) in [6, 6.07) is 0. The predicted octanol–water partition coefficient (Wildman–Crippen LogP) is 5.37. The Balaban J connectivity index is 1.61. The average Bonchev–Trinajstić information content (AvgIpc) is 2.48. The summed E-state index contributed by atoms with van der Waals surface area (Å²) >= 11 is 0. The van der Waals surface area contributed by atoms with Gasteiger partial charge in [0.25, 0.3) is 0 Å². The molecule has 0 amide bonds. The molecular weight excluding hydrogens is 230 g/mol. The molecule has 0 aromatic heterocycles. The van der Waals surface area contributed by atoms with Crippen molar-refractivity contribution in [3.05, 3.63) is 12.3 Å². The Bertz CT molecular complexity index is 244. The van der Waals surface area contributed by atoms with Crippen LogP contribution in [0.2, 0.25) is 0 Å². The first kappa shape index (κ1) is 14.9. The highest BCUT2D eigenvalue weighted by Crippen LogP contribution is 2.32. The summed E-state index contributed by atoms with van der Waals surface area (Å²) in [5, 5.41) is 0. The molecule has 1 aliphatic heterocycles. The fourth-order valence-corrected chi connectivity index (χ4v) is 3.66. The van der Waals surface area contributed by atoms with Gasteiger partial charge >= 0.3 is 0 Å². The van der Waals surface area contributed by atoms with Crippen LogP contribution in [-0.4, -0.2) is 18.0 Å². The van der Waals surface area contributed by atoms with Gasteiger partial charge in [0.2, 0.25) is 0 Å². The van der Waals surface area contributed by atoms with Crippen LogP contribution >= 0.6 is 0 Å². The van der Waals surface area contributed by atoms with Gasteiger partial charge in [-0.2, -0.15) is 0 Å². The number of hydrogen-bond donors (Lipinski definition) is 0. The summed E-state index contributed by atoms with van der Waals surface area (Å²) in [6.07, 6.45) is 20.8. The summed E-state index contributed by atoms with van der Waals surface area (Å²) in [6.45, 7) is 4.90. The van der Waals surface area contributed by atoms with Gasteiger partial charge < -0.3 is 4.90 Å². The average molecular weight is 263 g/mol. The summed E-state index contributed by atoms with van der Waals surface area (Å²) in [5.74, 6) is 1.93. The Morgan fingerprint density at radius 2 is 1.68 bits per heavy atom. The van der Waals surface area contributed by atoms with Gasteiger partial charge in [0.1, 0.15) is 0 Å². The standard InChI is InChI=1S/C18H33N/c1-2-3-5-8-17-9-11-18(12-10-17)13-16-19-14-6-4-7-15-19/h13,16-18H,2-12,14-15H2,1H3/b16-13+. The van der Waals surface area contributed by atoms with Gasteiger partial charge in [-0.25, -0.2) is 0 Å². The number of allylic oxidation sites excluding steroid dienone is 1. The van der Waals surface area contributed by atoms with E-state index in [0.717, 1.165) is 11.8 Å². The minimum absolute atomic E-state index is 0.879. The van der Waals surface area contributed by atoms with Gasteiger partial charge in [-0.05, 0) is 63.0 Å². The molecule has 0 aromatic carbocycles. The van der Waals surface area contributed by atoms with E-state index in [1.165, 1.54) is 83.7 Å². The minimum atomic E-state index is 0.879. The van der Waals surface area contributed by atoms with Crippen molar-refractivity contribution in [2.45, 2.75) is 77.6 Å². The molecule has 2 aliphatic rings. The molecule has 110 valence electrons. The molecule has 1 heteroatoms. The normalized spacial score (nSPS) is 29.0. The molecule has 1 nitrogen and oxygen atoms in total. The third-order valence-electron chi connectivity index (χ3n) is 5.07.